The second-order valence-corrected chi connectivity index (χ2v) is 6.85. The van der Waals surface area contributed by atoms with Crippen LogP contribution in [-0.2, 0) is 4.74 Å². The van der Waals surface area contributed by atoms with Crippen LogP contribution in [-0.4, -0.2) is 36.8 Å². The predicted octanol–water partition coefficient (Wildman–Crippen LogP) is 4.34. The smallest absolute Gasteiger partial charge is 0.410 e. The quantitative estimate of drug-likeness (QED) is 0.820. The zero-order valence-corrected chi connectivity index (χ0v) is 14.9. The first-order chi connectivity index (χ1) is 10.9. The van der Waals surface area contributed by atoms with Gasteiger partial charge in [0.1, 0.15) is 17.5 Å². The molecule has 0 bridgehead atoms. The van der Waals surface area contributed by atoms with Gasteiger partial charge in [-0.05, 0) is 45.6 Å². The van der Waals surface area contributed by atoms with Crippen molar-refractivity contribution in [2.45, 2.75) is 45.1 Å². The number of piperidine rings is 1. The van der Waals surface area contributed by atoms with E-state index in [1.807, 2.05) is 32.9 Å². The number of nitrogens with zero attached hydrogens (tertiary/aromatic N) is 1. The molecule has 1 fully saturated rings. The predicted molar refractivity (Wildman–Crippen MR) is 89.3 cm³/mol. The van der Waals surface area contributed by atoms with Crippen LogP contribution in [0.15, 0.2) is 18.2 Å². The fraction of sp³-hybridized carbons (Fsp3) is 0.588. The molecule has 0 atom stereocenters. The maximum absolute atomic E-state index is 12.1. The Morgan fingerprint density at radius 1 is 1.26 bits per heavy atom. The van der Waals surface area contributed by atoms with Crippen LogP contribution in [0.1, 0.15) is 45.1 Å². The van der Waals surface area contributed by atoms with Gasteiger partial charge in [-0.15, -0.1) is 0 Å². The molecular weight excluding hydrogens is 318 g/mol. The summed E-state index contributed by atoms with van der Waals surface area (Å²) in [5.41, 5.74) is 0.595. The van der Waals surface area contributed by atoms with Crippen LogP contribution in [0.4, 0.5) is 4.79 Å². The highest BCUT2D eigenvalue weighted by molar-refractivity contribution is 6.09. The number of carbonyl (C=O) groups excluding carboxylic acids is 1. The Labute approximate surface area is 142 Å². The van der Waals surface area contributed by atoms with E-state index in [0.717, 1.165) is 18.4 Å². The van der Waals surface area contributed by atoms with E-state index in [4.69, 9.17) is 25.6 Å². The average Bonchev–Trinajstić information content (AvgIpc) is 2.52. The zero-order valence-electron chi connectivity index (χ0n) is 14.1. The molecule has 1 aliphatic heterocycles. The van der Waals surface area contributed by atoms with Gasteiger partial charge in [0, 0.05) is 18.7 Å². The Kier molecular flexibility index (Phi) is 5.63. The van der Waals surface area contributed by atoms with E-state index in [-0.39, 0.29) is 6.09 Å². The van der Waals surface area contributed by atoms with Crippen molar-refractivity contribution in [2.24, 2.45) is 0 Å². The van der Waals surface area contributed by atoms with E-state index >= 15 is 0 Å². The van der Waals surface area contributed by atoms with Crippen molar-refractivity contribution in [1.29, 1.82) is 0 Å². The van der Waals surface area contributed by atoms with Crippen LogP contribution in [0.3, 0.4) is 0 Å². The molecule has 0 aliphatic carbocycles. The maximum atomic E-state index is 12.1. The topological polar surface area (TPSA) is 48.0 Å². The van der Waals surface area contributed by atoms with Crippen molar-refractivity contribution in [3.05, 3.63) is 23.8 Å². The van der Waals surface area contributed by atoms with E-state index in [9.17, 15) is 4.79 Å². The Morgan fingerprint density at radius 3 is 2.43 bits per heavy atom. The first-order valence-electron chi connectivity index (χ1n) is 7.79. The third kappa shape index (κ3) is 4.44. The summed E-state index contributed by atoms with van der Waals surface area (Å²) >= 11 is 5.50. The van der Waals surface area contributed by atoms with Gasteiger partial charge >= 0.3 is 6.09 Å². The average molecular weight is 342 g/mol. The van der Waals surface area contributed by atoms with Gasteiger partial charge < -0.3 is 18.7 Å². The monoisotopic (exact) mass is 341 g/mol. The summed E-state index contributed by atoms with van der Waals surface area (Å²) in [6.45, 7) is 6.95. The SMILES string of the molecule is COc1c(OCl)cccc1C1CCN(C(=O)OC(C)(C)C)CC1. The van der Waals surface area contributed by atoms with Gasteiger partial charge in [0.2, 0.25) is 0 Å². The number of para-hydroxylation sites is 1. The lowest BCUT2D eigenvalue weighted by Crippen LogP contribution is -2.41. The van der Waals surface area contributed by atoms with Gasteiger partial charge in [-0.3, -0.25) is 0 Å². The molecule has 0 saturated carbocycles. The number of likely N-dealkylation sites (tertiary alicyclic amines) is 1. The molecule has 1 aromatic rings. The normalized spacial score (nSPS) is 16.1. The molecule has 1 saturated heterocycles. The van der Waals surface area contributed by atoms with Crippen LogP contribution in [0.25, 0.3) is 0 Å². The first-order valence-corrected chi connectivity index (χ1v) is 8.10. The molecule has 6 heteroatoms. The van der Waals surface area contributed by atoms with Crippen LogP contribution in [0.5, 0.6) is 11.5 Å². The summed E-state index contributed by atoms with van der Waals surface area (Å²) in [4.78, 5) is 13.9. The molecule has 0 spiro atoms. The molecule has 5 nitrogen and oxygen atoms in total. The third-order valence-electron chi connectivity index (χ3n) is 3.88. The van der Waals surface area contributed by atoms with E-state index in [0.29, 0.717) is 30.5 Å². The van der Waals surface area contributed by atoms with Crippen molar-refractivity contribution in [1.82, 2.24) is 4.90 Å². The van der Waals surface area contributed by atoms with Crippen molar-refractivity contribution in [2.75, 3.05) is 20.2 Å². The van der Waals surface area contributed by atoms with E-state index in [1.54, 1.807) is 18.1 Å². The van der Waals surface area contributed by atoms with Crippen LogP contribution < -0.4 is 9.03 Å². The summed E-state index contributed by atoms with van der Waals surface area (Å²) in [6, 6.07) is 5.69. The van der Waals surface area contributed by atoms with E-state index in [1.165, 1.54) is 0 Å². The van der Waals surface area contributed by atoms with Crippen molar-refractivity contribution >= 4 is 18.0 Å². The van der Waals surface area contributed by atoms with Gasteiger partial charge in [0.05, 0.1) is 7.11 Å². The summed E-state index contributed by atoms with van der Waals surface area (Å²) in [5, 5.41) is 0. The van der Waals surface area contributed by atoms with Gasteiger partial charge in [-0.2, -0.15) is 0 Å². The minimum absolute atomic E-state index is 0.249. The second-order valence-electron chi connectivity index (χ2n) is 6.70. The van der Waals surface area contributed by atoms with Crippen molar-refractivity contribution < 1.29 is 18.6 Å². The number of rotatable bonds is 3. The van der Waals surface area contributed by atoms with Crippen LogP contribution in [0.2, 0.25) is 0 Å². The first kappa shape index (κ1) is 17.7. The summed E-state index contributed by atoms with van der Waals surface area (Å²) in [5.74, 6) is 1.48. The van der Waals surface area contributed by atoms with Gasteiger partial charge in [-0.1, -0.05) is 12.1 Å². The minimum atomic E-state index is -0.469. The molecule has 1 aliphatic rings. The van der Waals surface area contributed by atoms with Crippen molar-refractivity contribution in [3.8, 4) is 11.5 Å². The van der Waals surface area contributed by atoms with Gasteiger partial charge in [-0.25, -0.2) is 4.79 Å². The van der Waals surface area contributed by atoms with Gasteiger partial charge in [0.15, 0.2) is 11.5 Å². The third-order valence-corrected chi connectivity index (χ3v) is 4.05. The van der Waals surface area contributed by atoms with Crippen LogP contribution in [0, 0.1) is 0 Å². The second kappa shape index (κ2) is 7.30. The molecule has 1 heterocycles. The number of hydrogen-bond acceptors (Lipinski definition) is 4. The molecule has 0 N–H and O–H groups in total. The van der Waals surface area contributed by atoms with Crippen molar-refractivity contribution in [3.63, 3.8) is 0 Å². The number of methoxy groups -OCH3 is 1. The molecule has 1 amide bonds. The molecule has 0 aromatic heterocycles. The number of hydrogen-bond donors (Lipinski definition) is 0. The van der Waals surface area contributed by atoms with Gasteiger partial charge in [0.25, 0.3) is 0 Å². The lowest BCUT2D eigenvalue weighted by molar-refractivity contribution is 0.0204. The molecule has 0 radical (unpaired) electrons. The summed E-state index contributed by atoms with van der Waals surface area (Å²) in [7, 11) is 1.61. The minimum Gasteiger partial charge on any atom is -0.492 e. The standard InChI is InChI=1S/C17H24ClNO4/c1-17(2,3)22-16(20)19-10-8-12(9-11-19)13-6-5-7-14(23-18)15(13)21-4/h5-7,12H,8-11H2,1-4H3. The number of ether oxygens (including phenoxy) is 2. The fourth-order valence-electron chi connectivity index (χ4n) is 2.83. The molecule has 0 unspecified atom stereocenters. The van der Waals surface area contributed by atoms with Crippen LogP contribution >= 0.6 is 11.9 Å². The lowest BCUT2D eigenvalue weighted by Gasteiger charge is -2.34. The summed E-state index contributed by atoms with van der Waals surface area (Å²) < 4.78 is 15.7. The summed E-state index contributed by atoms with van der Waals surface area (Å²) in [6.07, 6.45) is 1.45. The number of benzene rings is 1. The Morgan fingerprint density at radius 2 is 1.91 bits per heavy atom. The highest BCUT2D eigenvalue weighted by Gasteiger charge is 2.29. The highest BCUT2D eigenvalue weighted by atomic mass is 35.5. The molecule has 1 aromatic carbocycles. The fourth-order valence-corrected chi connectivity index (χ4v) is 2.95. The van der Waals surface area contributed by atoms with E-state index < -0.39 is 5.60 Å². The molecule has 23 heavy (non-hydrogen) atoms. The number of amides is 1. The Bertz CT molecular complexity index is 548. The Balaban J connectivity index is 2.04. The number of carbonyl (C=O) groups is 1. The molecule has 128 valence electrons. The lowest BCUT2D eigenvalue weighted by atomic mass is 9.88. The zero-order chi connectivity index (χ0) is 17.0. The highest BCUT2D eigenvalue weighted by Crippen LogP contribution is 2.40. The Hall–Kier alpha value is -1.62. The largest absolute Gasteiger partial charge is 0.492 e. The maximum Gasteiger partial charge on any atom is 0.410 e. The molecule has 2 rings (SSSR count). The number of halogens is 1. The van der Waals surface area contributed by atoms with E-state index in [2.05, 4.69) is 0 Å². The molecular formula is C17H24ClNO4.